The van der Waals surface area contributed by atoms with Crippen LogP contribution in [0.2, 0.25) is 15.1 Å². The van der Waals surface area contributed by atoms with E-state index in [0.717, 1.165) is 12.1 Å². The fourth-order valence-corrected chi connectivity index (χ4v) is 2.43. The van der Waals surface area contributed by atoms with E-state index < -0.39 is 17.6 Å². The van der Waals surface area contributed by atoms with Crippen LogP contribution in [0, 0.1) is 0 Å². The van der Waals surface area contributed by atoms with Crippen molar-refractivity contribution >= 4 is 52.1 Å². The van der Waals surface area contributed by atoms with Crippen LogP contribution in [0.3, 0.4) is 0 Å². The summed E-state index contributed by atoms with van der Waals surface area (Å²) in [5.74, 6) is -0.545. The second-order valence-electron chi connectivity index (χ2n) is 4.73. The lowest BCUT2D eigenvalue weighted by Gasteiger charge is -2.12. The SMILES string of the molecule is O=C(CNc1cc(Cl)c(Cl)cc1Cl)Nc1cccc(C(F)(F)F)c1. The largest absolute Gasteiger partial charge is 0.416 e. The lowest BCUT2D eigenvalue weighted by Crippen LogP contribution is -2.22. The Morgan fingerprint density at radius 2 is 1.67 bits per heavy atom. The van der Waals surface area contributed by atoms with Gasteiger partial charge in [-0.25, -0.2) is 0 Å². The van der Waals surface area contributed by atoms with Crippen LogP contribution in [-0.4, -0.2) is 12.5 Å². The predicted molar refractivity (Wildman–Crippen MR) is 90.0 cm³/mol. The van der Waals surface area contributed by atoms with E-state index in [1.54, 1.807) is 0 Å². The van der Waals surface area contributed by atoms with Crippen LogP contribution >= 0.6 is 34.8 Å². The van der Waals surface area contributed by atoms with Gasteiger partial charge < -0.3 is 10.6 Å². The van der Waals surface area contributed by atoms with E-state index >= 15 is 0 Å². The maximum Gasteiger partial charge on any atom is 0.416 e. The first kappa shape index (κ1) is 18.7. The molecule has 0 radical (unpaired) electrons. The number of hydrogen-bond acceptors (Lipinski definition) is 2. The highest BCUT2D eigenvalue weighted by Gasteiger charge is 2.30. The minimum Gasteiger partial charge on any atom is -0.375 e. The van der Waals surface area contributed by atoms with E-state index in [4.69, 9.17) is 34.8 Å². The zero-order chi connectivity index (χ0) is 17.9. The Morgan fingerprint density at radius 3 is 2.33 bits per heavy atom. The van der Waals surface area contributed by atoms with E-state index in [0.29, 0.717) is 5.69 Å². The van der Waals surface area contributed by atoms with Gasteiger partial charge in [0.05, 0.1) is 32.9 Å². The molecule has 0 spiro atoms. The summed E-state index contributed by atoms with van der Waals surface area (Å²) in [4.78, 5) is 11.9. The first-order chi connectivity index (χ1) is 11.2. The van der Waals surface area contributed by atoms with Gasteiger partial charge in [-0.3, -0.25) is 4.79 Å². The van der Waals surface area contributed by atoms with Crippen LogP contribution in [0.5, 0.6) is 0 Å². The molecule has 1 amide bonds. The van der Waals surface area contributed by atoms with Crippen molar-refractivity contribution in [3.8, 4) is 0 Å². The van der Waals surface area contributed by atoms with Crippen molar-refractivity contribution < 1.29 is 18.0 Å². The monoisotopic (exact) mass is 396 g/mol. The summed E-state index contributed by atoms with van der Waals surface area (Å²) < 4.78 is 37.9. The molecule has 0 unspecified atom stereocenters. The van der Waals surface area contributed by atoms with Gasteiger partial charge >= 0.3 is 6.18 Å². The van der Waals surface area contributed by atoms with Gasteiger partial charge in [-0.2, -0.15) is 13.2 Å². The van der Waals surface area contributed by atoms with Crippen LogP contribution in [-0.2, 0) is 11.0 Å². The molecule has 3 nitrogen and oxygen atoms in total. The fraction of sp³-hybridized carbons (Fsp3) is 0.133. The molecule has 9 heteroatoms. The molecule has 0 saturated heterocycles. The summed E-state index contributed by atoms with van der Waals surface area (Å²) in [6, 6.07) is 7.21. The van der Waals surface area contributed by atoms with Crippen LogP contribution < -0.4 is 10.6 Å². The maximum absolute atomic E-state index is 12.6. The fourth-order valence-electron chi connectivity index (χ4n) is 1.81. The van der Waals surface area contributed by atoms with Crippen molar-refractivity contribution in [2.75, 3.05) is 17.2 Å². The molecule has 0 aliphatic carbocycles. The van der Waals surface area contributed by atoms with E-state index in [9.17, 15) is 18.0 Å². The number of rotatable bonds is 4. The lowest BCUT2D eigenvalue weighted by atomic mass is 10.2. The minimum absolute atomic E-state index is 0.0388. The third-order valence-corrected chi connectivity index (χ3v) is 3.96. The minimum atomic E-state index is -4.48. The zero-order valence-corrected chi connectivity index (χ0v) is 14.1. The molecule has 0 aliphatic heterocycles. The molecule has 0 heterocycles. The van der Waals surface area contributed by atoms with Crippen LogP contribution in [0.15, 0.2) is 36.4 Å². The number of hydrogen-bond donors (Lipinski definition) is 2. The summed E-state index contributed by atoms with van der Waals surface area (Å²) in [5.41, 5.74) is -0.428. The highest BCUT2D eigenvalue weighted by Crippen LogP contribution is 2.32. The number of anilines is 2. The van der Waals surface area contributed by atoms with E-state index in [-0.39, 0.29) is 27.3 Å². The first-order valence-electron chi connectivity index (χ1n) is 6.52. The smallest absolute Gasteiger partial charge is 0.375 e. The number of carbonyl (C=O) groups excluding carboxylic acids is 1. The normalized spacial score (nSPS) is 11.2. The first-order valence-corrected chi connectivity index (χ1v) is 7.66. The molecule has 0 saturated carbocycles. The topological polar surface area (TPSA) is 41.1 Å². The van der Waals surface area contributed by atoms with E-state index in [1.165, 1.54) is 24.3 Å². The van der Waals surface area contributed by atoms with Gasteiger partial charge in [-0.05, 0) is 30.3 Å². The van der Waals surface area contributed by atoms with Gasteiger partial charge in [0, 0.05) is 5.69 Å². The second kappa shape index (κ2) is 7.51. The van der Waals surface area contributed by atoms with Crippen molar-refractivity contribution in [3.63, 3.8) is 0 Å². The molecule has 0 aliphatic rings. The molecule has 128 valence electrons. The maximum atomic E-state index is 12.6. The predicted octanol–water partition coefficient (Wildman–Crippen LogP) is 5.72. The van der Waals surface area contributed by atoms with Gasteiger partial charge in [-0.1, -0.05) is 40.9 Å². The molecular weight excluding hydrogens is 388 g/mol. The molecule has 2 aromatic carbocycles. The molecule has 0 atom stereocenters. The van der Waals surface area contributed by atoms with Crippen molar-refractivity contribution in [3.05, 3.63) is 57.0 Å². The van der Waals surface area contributed by atoms with Gasteiger partial charge in [0.1, 0.15) is 0 Å². The van der Waals surface area contributed by atoms with Crippen molar-refractivity contribution in [2.24, 2.45) is 0 Å². The Hall–Kier alpha value is -1.63. The van der Waals surface area contributed by atoms with Crippen LogP contribution in [0.25, 0.3) is 0 Å². The summed E-state index contributed by atoms with van der Waals surface area (Å²) in [6.45, 7) is -0.214. The second-order valence-corrected chi connectivity index (χ2v) is 5.95. The van der Waals surface area contributed by atoms with Gasteiger partial charge in [-0.15, -0.1) is 0 Å². The van der Waals surface area contributed by atoms with Crippen molar-refractivity contribution in [2.45, 2.75) is 6.18 Å². The molecule has 24 heavy (non-hydrogen) atoms. The van der Waals surface area contributed by atoms with E-state index in [2.05, 4.69) is 10.6 Å². The van der Waals surface area contributed by atoms with Gasteiger partial charge in [0.25, 0.3) is 0 Å². The van der Waals surface area contributed by atoms with Gasteiger partial charge in [0.15, 0.2) is 0 Å². The standard InChI is InChI=1S/C15H10Cl3F3N2O/c16-10-5-12(18)13(6-11(10)17)22-7-14(24)23-9-3-1-2-8(4-9)15(19,20)21/h1-6,22H,7H2,(H,23,24). The van der Waals surface area contributed by atoms with E-state index in [1.807, 2.05) is 0 Å². The molecule has 0 bridgehead atoms. The summed E-state index contributed by atoms with van der Waals surface area (Å²) >= 11 is 17.6. The third-order valence-electron chi connectivity index (χ3n) is 2.92. The quantitative estimate of drug-likeness (QED) is 0.648. The Balaban J connectivity index is 2.01. The molecule has 2 aromatic rings. The summed E-state index contributed by atoms with van der Waals surface area (Å²) in [7, 11) is 0. The summed E-state index contributed by atoms with van der Waals surface area (Å²) in [6.07, 6.45) is -4.48. The Labute approximate surface area is 150 Å². The molecule has 0 aromatic heterocycles. The Morgan fingerprint density at radius 1 is 1.00 bits per heavy atom. The molecule has 0 fully saturated rings. The molecule has 2 N–H and O–H groups in total. The van der Waals surface area contributed by atoms with Gasteiger partial charge in [0.2, 0.25) is 5.91 Å². The Kier molecular flexibility index (Phi) is 5.85. The highest BCUT2D eigenvalue weighted by atomic mass is 35.5. The zero-order valence-electron chi connectivity index (χ0n) is 11.8. The molecule has 2 rings (SSSR count). The van der Waals surface area contributed by atoms with Crippen LogP contribution in [0.1, 0.15) is 5.56 Å². The number of benzene rings is 2. The average Bonchev–Trinajstić information content (AvgIpc) is 2.49. The summed E-state index contributed by atoms with van der Waals surface area (Å²) in [5, 5.41) is 5.88. The Bertz CT molecular complexity index is 766. The average molecular weight is 398 g/mol. The number of nitrogens with one attached hydrogen (secondary N) is 2. The lowest BCUT2D eigenvalue weighted by molar-refractivity contribution is -0.137. The van der Waals surface area contributed by atoms with Crippen molar-refractivity contribution in [1.29, 1.82) is 0 Å². The number of carbonyl (C=O) groups is 1. The molecular formula is C15H10Cl3F3N2O. The third kappa shape index (κ3) is 4.93. The van der Waals surface area contributed by atoms with Crippen LogP contribution in [0.4, 0.5) is 24.5 Å². The number of alkyl halides is 3. The highest BCUT2D eigenvalue weighted by molar-refractivity contribution is 6.44. The number of halogens is 6. The number of amides is 1. The van der Waals surface area contributed by atoms with Crippen molar-refractivity contribution in [1.82, 2.24) is 0 Å².